The first kappa shape index (κ1) is 18.6. The Labute approximate surface area is 174 Å². The lowest BCUT2D eigenvalue weighted by Crippen LogP contribution is -2.37. The molecule has 0 spiro atoms. The molecule has 0 bridgehead atoms. The van der Waals surface area contributed by atoms with Crippen molar-refractivity contribution in [3.8, 4) is 0 Å². The molecule has 3 aromatic rings. The topological polar surface area (TPSA) is 46.9 Å². The number of rotatable bonds is 5. The minimum absolute atomic E-state index is 0.0320. The third-order valence-electron chi connectivity index (χ3n) is 6.67. The van der Waals surface area contributed by atoms with E-state index in [1.165, 1.54) is 12.1 Å². The summed E-state index contributed by atoms with van der Waals surface area (Å²) in [6, 6.07) is 12.3. The van der Waals surface area contributed by atoms with E-state index >= 15 is 0 Å². The van der Waals surface area contributed by atoms with E-state index < -0.39 is 0 Å². The van der Waals surface area contributed by atoms with Crippen molar-refractivity contribution in [1.82, 2.24) is 15.1 Å². The van der Waals surface area contributed by atoms with Gasteiger partial charge in [-0.3, -0.25) is 9.48 Å². The summed E-state index contributed by atoms with van der Waals surface area (Å²) >= 11 is 5.91. The Bertz CT molecular complexity index is 1050. The smallest absolute Gasteiger partial charge is 0.251 e. The van der Waals surface area contributed by atoms with Crippen molar-refractivity contribution >= 4 is 28.4 Å². The molecule has 0 saturated heterocycles. The zero-order valence-electron chi connectivity index (χ0n) is 16.2. The van der Waals surface area contributed by atoms with Crippen LogP contribution in [0, 0.1) is 23.6 Å². The van der Waals surface area contributed by atoms with Crippen LogP contribution in [-0.2, 0) is 0 Å². The van der Waals surface area contributed by atoms with Gasteiger partial charge in [0.05, 0.1) is 11.6 Å². The molecule has 3 unspecified atom stereocenters. The molecule has 1 aromatic heterocycles. The molecule has 6 heteroatoms. The van der Waals surface area contributed by atoms with Crippen LogP contribution in [-0.4, -0.2) is 21.7 Å². The number of carbonyl (C=O) groups excluding carboxylic acids is 1. The molecule has 1 heterocycles. The van der Waals surface area contributed by atoms with E-state index in [-0.39, 0.29) is 17.8 Å². The summed E-state index contributed by atoms with van der Waals surface area (Å²) in [4.78, 5) is 12.6. The Balaban J connectivity index is 1.23. The van der Waals surface area contributed by atoms with Crippen molar-refractivity contribution in [2.45, 2.75) is 38.3 Å². The van der Waals surface area contributed by atoms with Crippen molar-refractivity contribution in [3.05, 3.63) is 65.1 Å². The minimum atomic E-state index is -0.228. The van der Waals surface area contributed by atoms with E-state index in [0.717, 1.165) is 30.2 Å². The van der Waals surface area contributed by atoms with Crippen LogP contribution < -0.4 is 5.32 Å². The Kier molecular flexibility index (Phi) is 4.58. The first-order valence-corrected chi connectivity index (χ1v) is 10.6. The van der Waals surface area contributed by atoms with E-state index in [9.17, 15) is 9.18 Å². The molecule has 1 N–H and O–H groups in total. The standard InChI is InChI=1S/C23H23ClFN3O/c1-2-20(26-23(29)13-3-5-15(24)6-4-13)22-18-10-17(11-19(18)22)28-12-14-9-16(25)7-8-21(14)27-28/h3-9,12,17-20,22H,2,10-11H2,1H3,(H,26,29). The minimum Gasteiger partial charge on any atom is -0.349 e. The number of fused-ring (bicyclic) bond motifs is 2. The number of nitrogens with one attached hydrogen (secondary N) is 1. The summed E-state index contributed by atoms with van der Waals surface area (Å²) in [6.45, 7) is 2.13. The van der Waals surface area contributed by atoms with Crippen LogP contribution in [0.25, 0.3) is 10.9 Å². The van der Waals surface area contributed by atoms with Gasteiger partial charge in [-0.05, 0) is 79.5 Å². The maximum atomic E-state index is 13.4. The van der Waals surface area contributed by atoms with Crippen molar-refractivity contribution in [2.75, 3.05) is 0 Å². The molecule has 2 aromatic carbocycles. The fourth-order valence-electron chi connectivity index (χ4n) is 5.20. The van der Waals surface area contributed by atoms with Crippen molar-refractivity contribution in [2.24, 2.45) is 17.8 Å². The number of benzene rings is 2. The molecule has 0 radical (unpaired) electrons. The highest BCUT2D eigenvalue weighted by Gasteiger charge is 2.59. The van der Waals surface area contributed by atoms with Gasteiger partial charge in [0.1, 0.15) is 5.82 Å². The fourth-order valence-corrected chi connectivity index (χ4v) is 5.33. The van der Waals surface area contributed by atoms with E-state index in [2.05, 4.69) is 17.3 Å². The largest absolute Gasteiger partial charge is 0.349 e. The average Bonchev–Trinajstić information content (AvgIpc) is 3.06. The molecule has 2 fully saturated rings. The van der Waals surface area contributed by atoms with Gasteiger partial charge in [0.15, 0.2) is 0 Å². The van der Waals surface area contributed by atoms with Gasteiger partial charge < -0.3 is 5.32 Å². The monoisotopic (exact) mass is 411 g/mol. The number of aromatic nitrogens is 2. The number of halogens is 2. The van der Waals surface area contributed by atoms with E-state index in [0.29, 0.717) is 34.4 Å². The van der Waals surface area contributed by atoms with E-state index in [1.54, 1.807) is 30.3 Å². The maximum absolute atomic E-state index is 13.4. The predicted molar refractivity (Wildman–Crippen MR) is 111 cm³/mol. The van der Waals surface area contributed by atoms with Gasteiger partial charge in [0.2, 0.25) is 0 Å². The highest BCUT2D eigenvalue weighted by Crippen LogP contribution is 2.62. The molecule has 0 aliphatic heterocycles. The molecule has 5 rings (SSSR count). The zero-order chi connectivity index (χ0) is 20.1. The van der Waals surface area contributed by atoms with Crippen molar-refractivity contribution in [3.63, 3.8) is 0 Å². The van der Waals surface area contributed by atoms with Crippen LogP contribution in [0.1, 0.15) is 42.6 Å². The van der Waals surface area contributed by atoms with Crippen LogP contribution in [0.2, 0.25) is 5.02 Å². The lowest BCUT2D eigenvalue weighted by molar-refractivity contribution is 0.0926. The highest BCUT2D eigenvalue weighted by molar-refractivity contribution is 6.30. The van der Waals surface area contributed by atoms with Crippen LogP contribution in [0.4, 0.5) is 4.39 Å². The Hall–Kier alpha value is -2.40. The fraction of sp³-hybridized carbons (Fsp3) is 0.391. The summed E-state index contributed by atoms with van der Waals surface area (Å²) < 4.78 is 15.5. The normalized spacial score (nSPS) is 26.3. The average molecular weight is 412 g/mol. The number of amides is 1. The van der Waals surface area contributed by atoms with Gasteiger partial charge in [-0.25, -0.2) is 4.39 Å². The summed E-state index contributed by atoms with van der Waals surface area (Å²) in [6.07, 6.45) is 5.02. The van der Waals surface area contributed by atoms with Crippen molar-refractivity contribution in [1.29, 1.82) is 0 Å². The molecule has 3 atom stereocenters. The van der Waals surface area contributed by atoms with Gasteiger partial charge in [0.25, 0.3) is 5.91 Å². The third-order valence-corrected chi connectivity index (χ3v) is 6.92. The number of hydrogen-bond donors (Lipinski definition) is 1. The Morgan fingerprint density at radius 2 is 1.97 bits per heavy atom. The van der Waals surface area contributed by atoms with Gasteiger partial charge >= 0.3 is 0 Å². The first-order valence-electron chi connectivity index (χ1n) is 10.2. The van der Waals surface area contributed by atoms with Gasteiger partial charge in [-0.2, -0.15) is 5.10 Å². The summed E-state index contributed by atoms with van der Waals surface area (Å²) in [5.41, 5.74) is 1.48. The van der Waals surface area contributed by atoms with E-state index in [1.807, 2.05) is 10.9 Å². The number of carbonyl (C=O) groups is 1. The highest BCUT2D eigenvalue weighted by atomic mass is 35.5. The molecule has 150 valence electrons. The number of nitrogens with zero attached hydrogens (tertiary/aromatic N) is 2. The second-order valence-electron chi connectivity index (χ2n) is 8.34. The molecular formula is C23H23ClFN3O. The van der Waals surface area contributed by atoms with Gasteiger partial charge in [-0.15, -0.1) is 0 Å². The maximum Gasteiger partial charge on any atom is 0.251 e. The lowest BCUT2D eigenvalue weighted by atomic mass is 9.99. The molecule has 2 aliphatic rings. The molecule has 4 nitrogen and oxygen atoms in total. The lowest BCUT2D eigenvalue weighted by Gasteiger charge is -2.21. The van der Waals surface area contributed by atoms with E-state index in [4.69, 9.17) is 11.6 Å². The second-order valence-corrected chi connectivity index (χ2v) is 8.77. The predicted octanol–water partition coefficient (Wildman–Crippen LogP) is 5.23. The van der Waals surface area contributed by atoms with Crippen LogP contribution in [0.15, 0.2) is 48.7 Å². The zero-order valence-corrected chi connectivity index (χ0v) is 16.9. The summed E-state index contributed by atoms with van der Waals surface area (Å²) in [7, 11) is 0. The van der Waals surface area contributed by atoms with Crippen LogP contribution >= 0.6 is 11.6 Å². The molecule has 2 aliphatic carbocycles. The SMILES string of the molecule is CCC(NC(=O)c1ccc(Cl)cc1)C1C2CC(n3cc4cc(F)ccc4n3)CC21. The molecule has 2 saturated carbocycles. The molecule has 29 heavy (non-hydrogen) atoms. The summed E-state index contributed by atoms with van der Waals surface area (Å²) in [5.74, 6) is 1.53. The number of hydrogen-bond acceptors (Lipinski definition) is 2. The van der Waals surface area contributed by atoms with Crippen LogP contribution in [0.3, 0.4) is 0 Å². The van der Waals surface area contributed by atoms with Crippen LogP contribution in [0.5, 0.6) is 0 Å². The summed E-state index contributed by atoms with van der Waals surface area (Å²) in [5, 5.41) is 9.36. The quantitative estimate of drug-likeness (QED) is 0.624. The third kappa shape index (κ3) is 3.42. The Morgan fingerprint density at radius 3 is 2.66 bits per heavy atom. The van der Waals surface area contributed by atoms with Gasteiger partial charge in [0, 0.05) is 28.2 Å². The first-order chi connectivity index (χ1) is 14.0. The molecule has 1 amide bonds. The second kappa shape index (κ2) is 7.13. The molecular weight excluding hydrogens is 389 g/mol. The van der Waals surface area contributed by atoms with Gasteiger partial charge in [-0.1, -0.05) is 18.5 Å². The Morgan fingerprint density at radius 1 is 1.24 bits per heavy atom. The van der Waals surface area contributed by atoms with Crippen molar-refractivity contribution < 1.29 is 9.18 Å².